The molecule has 5 nitrogen and oxygen atoms in total. The quantitative estimate of drug-likeness (QED) is 0.863. The highest BCUT2D eigenvalue weighted by Gasteiger charge is 2.18. The van der Waals surface area contributed by atoms with Gasteiger partial charge in [0.1, 0.15) is 5.69 Å². The smallest absolute Gasteiger partial charge is 0.227 e. The van der Waals surface area contributed by atoms with Crippen LogP contribution < -0.4 is 4.90 Å². The van der Waals surface area contributed by atoms with Gasteiger partial charge in [-0.2, -0.15) is 5.10 Å². The molecule has 2 aromatic heterocycles. The Hall–Kier alpha value is -1.88. The summed E-state index contributed by atoms with van der Waals surface area (Å²) >= 11 is 6.10. The van der Waals surface area contributed by atoms with E-state index in [1.165, 1.54) is 0 Å². The van der Waals surface area contributed by atoms with Crippen LogP contribution in [-0.2, 0) is 4.79 Å². The zero-order valence-corrected chi connectivity index (χ0v) is 11.3. The minimum atomic E-state index is -0.0878. The van der Waals surface area contributed by atoms with Crippen LogP contribution in [0.3, 0.4) is 0 Å². The monoisotopic (exact) mass is 277 g/mol. The molecule has 0 aliphatic heterocycles. The van der Waals surface area contributed by atoms with E-state index < -0.39 is 0 Å². The van der Waals surface area contributed by atoms with Crippen molar-refractivity contribution in [1.82, 2.24) is 14.8 Å². The van der Waals surface area contributed by atoms with Crippen LogP contribution in [0.4, 0.5) is 5.69 Å². The molecule has 0 unspecified atom stereocenters. The lowest BCUT2D eigenvalue weighted by atomic mass is 10.3. The van der Waals surface area contributed by atoms with E-state index in [9.17, 15) is 4.79 Å². The summed E-state index contributed by atoms with van der Waals surface area (Å²) < 4.78 is 1.60. The van der Waals surface area contributed by atoms with Gasteiger partial charge in [0.15, 0.2) is 5.15 Å². The van der Waals surface area contributed by atoms with E-state index in [0.717, 1.165) is 5.69 Å². The number of rotatable bonds is 4. The van der Waals surface area contributed by atoms with Gasteiger partial charge in [0.05, 0.1) is 18.1 Å². The second kappa shape index (κ2) is 5.84. The lowest BCUT2D eigenvalue weighted by Crippen LogP contribution is -2.29. The van der Waals surface area contributed by atoms with Crippen molar-refractivity contribution in [3.63, 3.8) is 0 Å². The molecule has 0 aromatic carbocycles. The van der Waals surface area contributed by atoms with Crippen molar-refractivity contribution in [2.45, 2.75) is 13.3 Å². The molecule has 0 saturated carbocycles. The minimum absolute atomic E-state index is 0.0878. The molecular weight excluding hydrogens is 264 g/mol. The van der Waals surface area contributed by atoms with Gasteiger partial charge in [-0.3, -0.25) is 9.78 Å². The van der Waals surface area contributed by atoms with Crippen LogP contribution in [0.15, 0.2) is 30.7 Å². The number of nitrogens with zero attached hydrogens (tertiary/aromatic N) is 4. The second-order valence-electron chi connectivity index (χ2n) is 3.85. The highest BCUT2D eigenvalue weighted by atomic mass is 35.5. The van der Waals surface area contributed by atoms with Crippen LogP contribution in [0.25, 0.3) is 5.69 Å². The van der Waals surface area contributed by atoms with E-state index in [4.69, 9.17) is 11.6 Å². The highest BCUT2D eigenvalue weighted by Crippen LogP contribution is 2.26. The highest BCUT2D eigenvalue weighted by molar-refractivity contribution is 6.32. The van der Waals surface area contributed by atoms with E-state index in [-0.39, 0.29) is 17.5 Å². The number of amides is 1. The molecule has 0 saturated heterocycles. The summed E-state index contributed by atoms with van der Waals surface area (Å²) in [6.07, 6.45) is 5.26. The Morgan fingerprint density at radius 3 is 2.95 bits per heavy atom. The number of anilines is 1. The van der Waals surface area contributed by atoms with Gasteiger partial charge in [-0.15, -0.1) is 0 Å². The summed E-state index contributed by atoms with van der Waals surface area (Å²) in [6.45, 7) is 6.00. The summed E-state index contributed by atoms with van der Waals surface area (Å²) in [5.74, 6) is -0.0878. The molecule has 0 atom stereocenters. The molecule has 2 heterocycles. The predicted octanol–water partition coefficient (Wildman–Crippen LogP) is 2.50. The number of hydrogen-bond donors (Lipinski definition) is 0. The van der Waals surface area contributed by atoms with Crippen LogP contribution in [0.2, 0.25) is 5.15 Å². The van der Waals surface area contributed by atoms with Crippen molar-refractivity contribution >= 4 is 23.2 Å². The molecule has 0 N–H and O–H groups in total. The third kappa shape index (κ3) is 2.76. The van der Waals surface area contributed by atoms with Crippen molar-refractivity contribution in [2.24, 2.45) is 0 Å². The van der Waals surface area contributed by atoms with Gasteiger partial charge in [-0.05, 0) is 26.0 Å². The van der Waals surface area contributed by atoms with E-state index in [1.807, 2.05) is 19.1 Å². The predicted molar refractivity (Wildman–Crippen MR) is 74.4 cm³/mol. The fraction of sp³-hybridized carbons (Fsp3) is 0.231. The van der Waals surface area contributed by atoms with Gasteiger partial charge in [-0.25, -0.2) is 4.68 Å². The molecule has 1 radical (unpaired) electrons. The molecule has 99 valence electrons. The van der Waals surface area contributed by atoms with Gasteiger partial charge in [0.25, 0.3) is 0 Å². The second-order valence-corrected chi connectivity index (χ2v) is 4.21. The number of hydrogen-bond acceptors (Lipinski definition) is 3. The van der Waals surface area contributed by atoms with E-state index >= 15 is 0 Å². The lowest BCUT2D eigenvalue weighted by molar-refractivity contribution is -0.117. The fourth-order valence-electron chi connectivity index (χ4n) is 1.76. The Kier molecular flexibility index (Phi) is 4.16. The third-order valence-corrected chi connectivity index (χ3v) is 2.95. The zero-order valence-electron chi connectivity index (χ0n) is 10.6. The Morgan fingerprint density at radius 2 is 2.37 bits per heavy atom. The molecule has 19 heavy (non-hydrogen) atoms. The van der Waals surface area contributed by atoms with Crippen LogP contribution in [0.5, 0.6) is 0 Å². The molecule has 0 aliphatic carbocycles. The van der Waals surface area contributed by atoms with Crippen LogP contribution in [-0.4, -0.2) is 27.2 Å². The van der Waals surface area contributed by atoms with Gasteiger partial charge in [-0.1, -0.05) is 11.6 Å². The van der Waals surface area contributed by atoms with Crippen LogP contribution in [0.1, 0.15) is 13.3 Å². The van der Waals surface area contributed by atoms with Gasteiger partial charge in [0, 0.05) is 19.2 Å². The summed E-state index contributed by atoms with van der Waals surface area (Å²) in [6, 6.07) is 3.67. The summed E-state index contributed by atoms with van der Waals surface area (Å²) in [5, 5.41) is 4.48. The first-order valence-corrected chi connectivity index (χ1v) is 6.30. The summed E-state index contributed by atoms with van der Waals surface area (Å²) in [4.78, 5) is 17.4. The standard InChI is InChI=1S/C13H14ClN4O/c1-3-12(19)17(4-2)11-9-18(16-13(11)14)10-6-5-7-15-8-10/h5-9H,1,3-4H2,2H3. The maximum absolute atomic E-state index is 11.8. The van der Waals surface area contributed by atoms with Gasteiger partial charge < -0.3 is 4.90 Å². The maximum Gasteiger partial charge on any atom is 0.227 e. The molecule has 1 amide bonds. The average Bonchev–Trinajstić information content (AvgIpc) is 2.82. The number of halogens is 1. The van der Waals surface area contributed by atoms with Gasteiger partial charge >= 0.3 is 0 Å². The van der Waals surface area contributed by atoms with E-state index in [2.05, 4.69) is 17.0 Å². The normalized spacial score (nSPS) is 10.5. The van der Waals surface area contributed by atoms with Crippen molar-refractivity contribution in [1.29, 1.82) is 0 Å². The molecule has 0 spiro atoms. The Balaban J connectivity index is 2.38. The fourth-order valence-corrected chi connectivity index (χ4v) is 1.99. The van der Waals surface area contributed by atoms with E-state index in [1.54, 1.807) is 28.2 Å². The van der Waals surface area contributed by atoms with Crippen LogP contribution in [0, 0.1) is 6.92 Å². The molecule has 2 rings (SSSR count). The molecule has 0 fully saturated rings. The molecular formula is C13H14ClN4O. The first-order chi connectivity index (χ1) is 9.17. The average molecular weight is 278 g/mol. The minimum Gasteiger partial charge on any atom is -0.309 e. The Bertz CT molecular complexity index is 567. The summed E-state index contributed by atoms with van der Waals surface area (Å²) in [5.41, 5.74) is 1.37. The molecule has 2 aromatic rings. The van der Waals surface area contributed by atoms with Crippen molar-refractivity contribution in [3.05, 3.63) is 42.8 Å². The largest absolute Gasteiger partial charge is 0.309 e. The zero-order chi connectivity index (χ0) is 13.8. The topological polar surface area (TPSA) is 51.0 Å². The Morgan fingerprint density at radius 1 is 1.58 bits per heavy atom. The van der Waals surface area contributed by atoms with Crippen LogP contribution >= 0.6 is 11.6 Å². The van der Waals surface area contributed by atoms with E-state index in [0.29, 0.717) is 12.2 Å². The van der Waals surface area contributed by atoms with Crippen molar-refractivity contribution in [2.75, 3.05) is 11.4 Å². The summed E-state index contributed by atoms with van der Waals surface area (Å²) in [7, 11) is 0. The third-order valence-electron chi connectivity index (χ3n) is 2.68. The molecule has 6 heteroatoms. The Labute approximate surface area is 116 Å². The maximum atomic E-state index is 11.8. The lowest BCUT2D eigenvalue weighted by Gasteiger charge is -2.18. The number of aromatic nitrogens is 3. The number of carbonyl (C=O) groups excluding carboxylic acids is 1. The SMILES string of the molecule is [CH2]CC(=O)N(CC)c1cn(-c2cccnc2)nc1Cl. The van der Waals surface area contributed by atoms with Gasteiger partial charge in [0.2, 0.25) is 5.91 Å². The first-order valence-electron chi connectivity index (χ1n) is 5.92. The first kappa shape index (κ1) is 13.5. The number of pyridine rings is 1. The molecule has 0 aliphatic rings. The molecule has 0 bridgehead atoms. The van der Waals surface area contributed by atoms with Crippen molar-refractivity contribution in [3.8, 4) is 5.69 Å². The number of carbonyl (C=O) groups is 1. The van der Waals surface area contributed by atoms with Crippen molar-refractivity contribution < 1.29 is 4.79 Å².